The summed E-state index contributed by atoms with van der Waals surface area (Å²) >= 11 is 0. The van der Waals surface area contributed by atoms with Crippen LogP contribution in [0, 0.1) is 0 Å². The third kappa shape index (κ3) is 4.53. The van der Waals surface area contributed by atoms with E-state index in [1.54, 1.807) is 19.9 Å². The minimum absolute atomic E-state index is 0.248. The molecule has 0 heterocycles. The Balaban J connectivity index is 4.17. The molecule has 4 heteroatoms. The second kappa shape index (κ2) is 6.22. The molecule has 0 aromatic carbocycles. The number of rotatable bonds is 6. The smallest absolute Gasteiger partial charge is 0.309 e. The Kier molecular flexibility index (Phi) is 6.04. The highest BCUT2D eigenvalue weighted by Gasteiger charge is 2.20. The fourth-order valence-electron chi connectivity index (χ4n) is 0.712. The lowest BCUT2D eigenvalue weighted by atomic mass is 10.7. The van der Waals surface area contributed by atoms with Crippen molar-refractivity contribution in [3.05, 3.63) is 18.4 Å². The normalized spacial score (nSPS) is 10.8. The summed E-state index contributed by atoms with van der Waals surface area (Å²) in [5, 5.41) is 0. The highest BCUT2D eigenvalue weighted by molar-refractivity contribution is 7.54. The lowest BCUT2D eigenvalue weighted by Crippen LogP contribution is -1.97. The van der Waals surface area contributed by atoms with Crippen LogP contribution in [0.3, 0.4) is 0 Å². The maximum absolute atomic E-state index is 11.6. The van der Waals surface area contributed by atoms with Gasteiger partial charge >= 0.3 is 7.60 Å². The summed E-state index contributed by atoms with van der Waals surface area (Å²) < 4.78 is 21.6. The molecule has 12 heavy (non-hydrogen) atoms. The van der Waals surface area contributed by atoms with Crippen molar-refractivity contribution in [1.29, 1.82) is 0 Å². The molecule has 0 amide bonds. The molecule has 0 atom stereocenters. The summed E-state index contributed by atoms with van der Waals surface area (Å²) in [5.41, 5.74) is 2.53. The van der Waals surface area contributed by atoms with Crippen LogP contribution in [-0.4, -0.2) is 19.4 Å². The molecule has 0 bridgehead atoms. The molecular formula is C8H15O3P. The van der Waals surface area contributed by atoms with Gasteiger partial charge in [0, 0.05) is 0 Å². The van der Waals surface area contributed by atoms with Gasteiger partial charge in [-0.2, -0.15) is 0 Å². The van der Waals surface area contributed by atoms with Crippen molar-refractivity contribution in [3.63, 3.8) is 0 Å². The van der Waals surface area contributed by atoms with Crippen LogP contribution in [0.2, 0.25) is 0 Å². The van der Waals surface area contributed by atoms with Crippen LogP contribution in [0.5, 0.6) is 0 Å². The van der Waals surface area contributed by atoms with Gasteiger partial charge in [0.2, 0.25) is 0 Å². The largest absolute Gasteiger partial charge is 0.335 e. The molecule has 0 aliphatic rings. The molecule has 3 nitrogen and oxygen atoms in total. The van der Waals surface area contributed by atoms with Crippen LogP contribution in [0.4, 0.5) is 0 Å². The van der Waals surface area contributed by atoms with E-state index in [1.165, 1.54) is 0 Å². The average molecular weight is 190 g/mol. The van der Waals surface area contributed by atoms with E-state index in [-0.39, 0.29) is 6.16 Å². The van der Waals surface area contributed by atoms with E-state index < -0.39 is 7.60 Å². The van der Waals surface area contributed by atoms with Gasteiger partial charge in [0.1, 0.15) is 0 Å². The zero-order valence-corrected chi connectivity index (χ0v) is 8.47. The summed E-state index contributed by atoms with van der Waals surface area (Å²) in [6, 6.07) is 0. The van der Waals surface area contributed by atoms with Gasteiger partial charge < -0.3 is 9.05 Å². The molecule has 70 valence electrons. The minimum Gasteiger partial charge on any atom is -0.309 e. The van der Waals surface area contributed by atoms with Crippen molar-refractivity contribution in [3.8, 4) is 0 Å². The lowest BCUT2D eigenvalue weighted by Gasteiger charge is -2.14. The average Bonchev–Trinajstić information content (AvgIpc) is 2.02. The van der Waals surface area contributed by atoms with Crippen molar-refractivity contribution in [2.75, 3.05) is 19.4 Å². The van der Waals surface area contributed by atoms with Crippen LogP contribution < -0.4 is 0 Å². The predicted octanol–water partition coefficient (Wildman–Crippen LogP) is 2.59. The number of hydrogen-bond acceptors (Lipinski definition) is 3. The third-order valence-corrected chi connectivity index (χ3v) is 3.04. The Morgan fingerprint density at radius 3 is 2.25 bits per heavy atom. The molecule has 0 aromatic rings. The number of allylic oxidation sites excluding steroid dienone is 1. The van der Waals surface area contributed by atoms with Crippen molar-refractivity contribution in [2.24, 2.45) is 0 Å². The highest BCUT2D eigenvalue weighted by atomic mass is 31.2. The first kappa shape index (κ1) is 11.7. The van der Waals surface area contributed by atoms with Crippen LogP contribution in [0.1, 0.15) is 13.8 Å². The molecule has 0 aromatic heterocycles. The second-order valence-corrected chi connectivity index (χ2v) is 4.14. The van der Waals surface area contributed by atoms with Crippen molar-refractivity contribution in [2.45, 2.75) is 13.8 Å². The molecule has 0 saturated heterocycles. The van der Waals surface area contributed by atoms with E-state index in [0.29, 0.717) is 13.2 Å². The van der Waals surface area contributed by atoms with Gasteiger partial charge in [-0.3, -0.25) is 4.57 Å². The van der Waals surface area contributed by atoms with Crippen LogP contribution >= 0.6 is 7.60 Å². The second-order valence-electron chi connectivity index (χ2n) is 2.04. The Bertz CT molecular complexity index is 196. The van der Waals surface area contributed by atoms with Crippen molar-refractivity contribution in [1.82, 2.24) is 0 Å². The molecular weight excluding hydrogens is 175 g/mol. The van der Waals surface area contributed by atoms with Gasteiger partial charge in [-0.15, -0.1) is 5.73 Å². The molecule has 0 radical (unpaired) electrons. The first-order valence-electron chi connectivity index (χ1n) is 3.91. The van der Waals surface area contributed by atoms with Gasteiger partial charge in [-0.25, -0.2) is 0 Å². The maximum atomic E-state index is 11.6. The zero-order valence-electron chi connectivity index (χ0n) is 7.58. The molecule has 0 saturated carbocycles. The monoisotopic (exact) mass is 190 g/mol. The Hall–Kier alpha value is -0.330. The Morgan fingerprint density at radius 2 is 1.92 bits per heavy atom. The summed E-state index contributed by atoms with van der Waals surface area (Å²) in [5.74, 6) is 0. The fourth-order valence-corrected chi connectivity index (χ4v) is 2.14. The molecule has 0 N–H and O–H groups in total. The van der Waals surface area contributed by atoms with Gasteiger partial charge in [-0.05, 0) is 19.9 Å². The lowest BCUT2D eigenvalue weighted by molar-refractivity contribution is 0.222. The van der Waals surface area contributed by atoms with Crippen molar-refractivity contribution >= 4 is 7.60 Å². The summed E-state index contributed by atoms with van der Waals surface area (Å²) in [4.78, 5) is 0. The highest BCUT2D eigenvalue weighted by Crippen LogP contribution is 2.47. The molecule has 0 aliphatic heterocycles. The molecule has 0 aliphatic carbocycles. The molecule has 0 spiro atoms. The third-order valence-electron chi connectivity index (χ3n) is 1.11. The van der Waals surface area contributed by atoms with E-state index in [1.807, 2.05) is 0 Å². The minimum atomic E-state index is -2.89. The topological polar surface area (TPSA) is 35.5 Å². The van der Waals surface area contributed by atoms with Crippen LogP contribution in [-0.2, 0) is 13.6 Å². The summed E-state index contributed by atoms with van der Waals surface area (Å²) in [7, 11) is -2.89. The van der Waals surface area contributed by atoms with Crippen LogP contribution in [0.15, 0.2) is 18.4 Å². The molecule has 0 unspecified atom stereocenters. The van der Waals surface area contributed by atoms with E-state index in [2.05, 4.69) is 12.3 Å². The van der Waals surface area contributed by atoms with E-state index in [9.17, 15) is 4.57 Å². The van der Waals surface area contributed by atoms with Gasteiger partial charge in [-0.1, -0.05) is 6.58 Å². The van der Waals surface area contributed by atoms with E-state index in [0.717, 1.165) is 0 Å². The van der Waals surface area contributed by atoms with E-state index in [4.69, 9.17) is 9.05 Å². The predicted molar refractivity (Wildman–Crippen MR) is 49.4 cm³/mol. The zero-order chi connectivity index (χ0) is 9.45. The quantitative estimate of drug-likeness (QED) is 0.477. The maximum Gasteiger partial charge on any atom is 0.335 e. The van der Waals surface area contributed by atoms with Crippen LogP contribution in [0.25, 0.3) is 0 Å². The van der Waals surface area contributed by atoms with E-state index >= 15 is 0 Å². The summed E-state index contributed by atoms with van der Waals surface area (Å²) in [6.45, 7) is 7.72. The SMILES string of the molecule is C=C=CCP(=O)(OCC)OCC. The van der Waals surface area contributed by atoms with Gasteiger partial charge in [0.25, 0.3) is 0 Å². The molecule has 0 rings (SSSR count). The first-order valence-corrected chi connectivity index (χ1v) is 5.63. The van der Waals surface area contributed by atoms with Gasteiger partial charge in [0.15, 0.2) is 0 Å². The molecule has 0 fully saturated rings. The summed E-state index contributed by atoms with van der Waals surface area (Å²) in [6.07, 6.45) is 1.81. The Morgan fingerprint density at radius 1 is 1.42 bits per heavy atom. The Labute approximate surface area is 73.6 Å². The fraction of sp³-hybridized carbons (Fsp3) is 0.625. The van der Waals surface area contributed by atoms with Gasteiger partial charge in [0.05, 0.1) is 19.4 Å². The van der Waals surface area contributed by atoms with Crippen molar-refractivity contribution < 1.29 is 13.6 Å². The first-order chi connectivity index (χ1) is 5.68. The standard InChI is InChI=1S/C8H15O3P/c1-4-7-8-12(9,10-5-2)11-6-3/h7H,1,5-6,8H2,2-3H3. The number of hydrogen-bond donors (Lipinski definition) is 0.